The smallest absolute Gasteiger partial charge is 0.341 e. The van der Waals surface area contributed by atoms with Crippen LogP contribution in [0.1, 0.15) is 11.5 Å². The molecule has 0 aliphatic rings. The van der Waals surface area contributed by atoms with Crippen LogP contribution in [0.5, 0.6) is 17.2 Å². The van der Waals surface area contributed by atoms with E-state index in [0.717, 1.165) is 5.56 Å². The van der Waals surface area contributed by atoms with E-state index >= 15 is 0 Å². The van der Waals surface area contributed by atoms with Crippen LogP contribution in [-0.4, -0.2) is 42.0 Å². The van der Waals surface area contributed by atoms with E-state index < -0.39 is 12.6 Å². The van der Waals surface area contributed by atoms with E-state index in [-0.39, 0.29) is 10.9 Å². The Kier molecular flexibility index (Phi) is 6.36. The number of carboxylic acids is 1. The van der Waals surface area contributed by atoms with Crippen LogP contribution in [0.15, 0.2) is 47.0 Å². The summed E-state index contributed by atoms with van der Waals surface area (Å²) in [7, 11) is 3.03. The summed E-state index contributed by atoms with van der Waals surface area (Å²) in [5.74, 6) is 0.790. The van der Waals surface area contributed by atoms with Crippen molar-refractivity contribution in [1.82, 2.24) is 10.1 Å². The number of halogens is 1. The molecule has 1 aromatic heterocycles. The molecule has 1 heterocycles. The standard InChI is InChI=1S/C20H17ClN2O6/c1-26-14-5-3-4-13(10-14)19-22-20(29-23-19)15(21)8-12-6-7-16(17(9-12)27-2)28-11-18(24)25/h3-10H,11H2,1-2H3,(H,24,25)/b15-8-. The molecule has 0 spiro atoms. The van der Waals surface area contributed by atoms with E-state index in [2.05, 4.69) is 10.1 Å². The number of carboxylic acid groups (broad SMARTS) is 1. The molecule has 2 aromatic carbocycles. The zero-order chi connectivity index (χ0) is 20.8. The quantitative estimate of drug-likeness (QED) is 0.588. The monoisotopic (exact) mass is 416 g/mol. The number of ether oxygens (including phenoxy) is 3. The predicted molar refractivity (Wildman–Crippen MR) is 106 cm³/mol. The van der Waals surface area contributed by atoms with Gasteiger partial charge in [-0.3, -0.25) is 0 Å². The summed E-state index contributed by atoms with van der Waals surface area (Å²) in [5.41, 5.74) is 1.40. The minimum Gasteiger partial charge on any atom is -0.497 e. The van der Waals surface area contributed by atoms with Gasteiger partial charge in [0, 0.05) is 5.56 Å². The van der Waals surface area contributed by atoms with Crippen LogP contribution >= 0.6 is 11.6 Å². The lowest BCUT2D eigenvalue weighted by Crippen LogP contribution is -2.10. The lowest BCUT2D eigenvalue weighted by molar-refractivity contribution is -0.139. The van der Waals surface area contributed by atoms with Crippen molar-refractivity contribution >= 4 is 28.7 Å². The number of methoxy groups -OCH3 is 2. The van der Waals surface area contributed by atoms with Crippen molar-refractivity contribution < 1.29 is 28.6 Å². The van der Waals surface area contributed by atoms with E-state index in [1.54, 1.807) is 37.5 Å². The van der Waals surface area contributed by atoms with Crippen LogP contribution in [0.25, 0.3) is 22.5 Å². The highest BCUT2D eigenvalue weighted by Crippen LogP contribution is 2.31. The van der Waals surface area contributed by atoms with Gasteiger partial charge in [0.15, 0.2) is 18.1 Å². The summed E-state index contributed by atoms with van der Waals surface area (Å²) in [6.07, 6.45) is 1.62. The van der Waals surface area contributed by atoms with Crippen molar-refractivity contribution in [2.24, 2.45) is 0 Å². The van der Waals surface area contributed by atoms with E-state index in [1.165, 1.54) is 7.11 Å². The van der Waals surface area contributed by atoms with Crippen molar-refractivity contribution in [2.75, 3.05) is 20.8 Å². The third kappa shape index (κ3) is 5.05. The highest BCUT2D eigenvalue weighted by atomic mass is 35.5. The Morgan fingerprint density at radius 2 is 2.00 bits per heavy atom. The Labute approximate surface area is 171 Å². The average Bonchev–Trinajstić information content (AvgIpc) is 3.23. The first-order chi connectivity index (χ1) is 14.0. The zero-order valence-corrected chi connectivity index (χ0v) is 16.3. The fourth-order valence-electron chi connectivity index (χ4n) is 2.44. The molecule has 0 radical (unpaired) electrons. The topological polar surface area (TPSA) is 104 Å². The van der Waals surface area contributed by atoms with Gasteiger partial charge in [0.25, 0.3) is 5.89 Å². The van der Waals surface area contributed by atoms with Crippen molar-refractivity contribution in [1.29, 1.82) is 0 Å². The number of aromatic nitrogens is 2. The summed E-state index contributed by atoms with van der Waals surface area (Å²) in [6, 6.07) is 12.2. The van der Waals surface area contributed by atoms with Gasteiger partial charge in [-0.25, -0.2) is 4.79 Å². The summed E-state index contributed by atoms with van der Waals surface area (Å²) in [4.78, 5) is 15.0. The third-order valence-electron chi connectivity index (χ3n) is 3.79. The van der Waals surface area contributed by atoms with Crippen LogP contribution in [0, 0.1) is 0 Å². The van der Waals surface area contributed by atoms with Gasteiger partial charge in [-0.2, -0.15) is 4.98 Å². The summed E-state index contributed by atoms with van der Waals surface area (Å²) in [5, 5.41) is 12.9. The minimum atomic E-state index is -1.08. The van der Waals surface area contributed by atoms with E-state index in [4.69, 9.17) is 35.4 Å². The van der Waals surface area contributed by atoms with Gasteiger partial charge < -0.3 is 23.8 Å². The van der Waals surface area contributed by atoms with Crippen LogP contribution in [-0.2, 0) is 4.79 Å². The van der Waals surface area contributed by atoms with Crippen LogP contribution in [0.4, 0.5) is 0 Å². The highest BCUT2D eigenvalue weighted by molar-refractivity contribution is 6.50. The van der Waals surface area contributed by atoms with E-state index in [0.29, 0.717) is 28.6 Å². The molecule has 1 N–H and O–H groups in total. The molecule has 0 aliphatic heterocycles. The van der Waals surface area contributed by atoms with Gasteiger partial charge >= 0.3 is 5.97 Å². The highest BCUT2D eigenvalue weighted by Gasteiger charge is 2.13. The molecular formula is C20H17ClN2O6. The number of nitrogens with zero attached hydrogens (tertiary/aromatic N) is 2. The van der Waals surface area contributed by atoms with Crippen molar-refractivity contribution in [3.05, 3.63) is 53.9 Å². The predicted octanol–water partition coefficient (Wildman–Crippen LogP) is 3.95. The molecule has 0 atom stereocenters. The molecule has 0 saturated carbocycles. The van der Waals surface area contributed by atoms with Crippen LogP contribution in [0.3, 0.4) is 0 Å². The first-order valence-corrected chi connectivity index (χ1v) is 8.76. The maximum Gasteiger partial charge on any atom is 0.341 e. The Bertz CT molecular complexity index is 1050. The molecule has 0 bridgehead atoms. The first kappa shape index (κ1) is 20.2. The Morgan fingerprint density at radius 3 is 2.72 bits per heavy atom. The molecule has 0 unspecified atom stereocenters. The molecule has 3 aromatic rings. The number of benzene rings is 2. The van der Waals surface area contributed by atoms with Gasteiger partial charge in [0.2, 0.25) is 5.82 Å². The normalized spacial score (nSPS) is 11.2. The fraction of sp³-hybridized carbons (Fsp3) is 0.150. The van der Waals surface area contributed by atoms with E-state index in [9.17, 15) is 4.79 Å². The van der Waals surface area contributed by atoms with Gasteiger partial charge in [0.1, 0.15) is 10.8 Å². The Morgan fingerprint density at radius 1 is 1.17 bits per heavy atom. The molecule has 0 aliphatic carbocycles. The molecule has 8 nitrogen and oxygen atoms in total. The van der Waals surface area contributed by atoms with Crippen molar-refractivity contribution in [2.45, 2.75) is 0 Å². The maximum absolute atomic E-state index is 10.7. The van der Waals surface area contributed by atoms with Gasteiger partial charge in [-0.15, -0.1) is 0 Å². The number of aliphatic carboxylic acids is 1. The number of rotatable bonds is 8. The lowest BCUT2D eigenvalue weighted by Gasteiger charge is -2.09. The van der Waals surface area contributed by atoms with Crippen LogP contribution in [0.2, 0.25) is 0 Å². The Hall–Kier alpha value is -3.52. The molecular weight excluding hydrogens is 400 g/mol. The minimum absolute atomic E-state index is 0.148. The number of carbonyl (C=O) groups is 1. The summed E-state index contributed by atoms with van der Waals surface area (Å²) >= 11 is 6.33. The van der Waals surface area contributed by atoms with Crippen LogP contribution < -0.4 is 14.2 Å². The zero-order valence-electron chi connectivity index (χ0n) is 15.6. The largest absolute Gasteiger partial charge is 0.497 e. The molecule has 9 heteroatoms. The van der Waals surface area contributed by atoms with Crippen molar-refractivity contribution in [3.8, 4) is 28.6 Å². The number of hydrogen-bond acceptors (Lipinski definition) is 7. The van der Waals surface area contributed by atoms with E-state index in [1.807, 2.05) is 18.2 Å². The second kappa shape index (κ2) is 9.11. The SMILES string of the molecule is COc1cccc(-c2noc(/C(Cl)=C/c3ccc(OCC(=O)O)c(OC)c3)n2)c1. The van der Waals surface area contributed by atoms with Gasteiger partial charge in [-0.05, 0) is 35.9 Å². The van der Waals surface area contributed by atoms with Gasteiger partial charge in [0.05, 0.1) is 14.2 Å². The average molecular weight is 417 g/mol. The molecule has 150 valence electrons. The molecule has 29 heavy (non-hydrogen) atoms. The van der Waals surface area contributed by atoms with Gasteiger partial charge in [-0.1, -0.05) is 35.0 Å². The molecule has 0 fully saturated rings. The summed E-state index contributed by atoms with van der Waals surface area (Å²) in [6.45, 7) is -0.471. The summed E-state index contributed by atoms with van der Waals surface area (Å²) < 4.78 is 20.9. The fourth-order valence-corrected chi connectivity index (χ4v) is 2.64. The molecule has 0 amide bonds. The lowest BCUT2D eigenvalue weighted by atomic mass is 10.2. The third-order valence-corrected chi connectivity index (χ3v) is 4.06. The second-order valence-corrected chi connectivity index (χ2v) is 6.15. The second-order valence-electron chi connectivity index (χ2n) is 5.74. The van der Waals surface area contributed by atoms with Crippen molar-refractivity contribution in [3.63, 3.8) is 0 Å². The Balaban J connectivity index is 1.82. The molecule has 0 saturated heterocycles. The maximum atomic E-state index is 10.7. The molecule has 3 rings (SSSR count). The number of hydrogen-bond donors (Lipinski definition) is 1. The first-order valence-electron chi connectivity index (χ1n) is 8.38.